The first kappa shape index (κ1) is 17.6. The maximum absolute atomic E-state index is 13.5. The zero-order valence-corrected chi connectivity index (χ0v) is 15.9. The molecule has 5 heteroatoms. The van der Waals surface area contributed by atoms with Gasteiger partial charge in [-0.25, -0.2) is 4.98 Å². The molecule has 5 rings (SSSR count). The summed E-state index contributed by atoms with van der Waals surface area (Å²) in [6, 6.07) is 19.2. The van der Waals surface area contributed by atoms with Crippen molar-refractivity contribution in [3.63, 3.8) is 0 Å². The van der Waals surface area contributed by atoms with Crippen LogP contribution in [-0.2, 0) is 5.54 Å². The molecule has 0 unspecified atom stereocenters. The molecule has 1 aliphatic rings. The van der Waals surface area contributed by atoms with Gasteiger partial charge in [0.2, 0.25) is 5.43 Å². The Morgan fingerprint density at radius 3 is 2.31 bits per heavy atom. The summed E-state index contributed by atoms with van der Waals surface area (Å²) in [6.07, 6.45) is 4.66. The monoisotopic (exact) mass is 383 g/mol. The van der Waals surface area contributed by atoms with Crippen LogP contribution in [0.2, 0.25) is 0 Å². The Bertz CT molecular complexity index is 1260. The smallest absolute Gasteiger partial charge is 0.201 e. The molecule has 0 radical (unpaired) electrons. The van der Waals surface area contributed by atoms with Crippen molar-refractivity contribution in [3.8, 4) is 22.5 Å². The van der Waals surface area contributed by atoms with Crippen LogP contribution in [0, 0.1) is 0 Å². The van der Waals surface area contributed by atoms with E-state index in [0.717, 1.165) is 36.0 Å². The van der Waals surface area contributed by atoms with Crippen LogP contribution < -0.4 is 16.9 Å². The van der Waals surface area contributed by atoms with Crippen molar-refractivity contribution in [2.24, 2.45) is 5.73 Å². The molecule has 0 saturated heterocycles. The minimum absolute atomic E-state index is 0.127. The highest BCUT2D eigenvalue weighted by atomic mass is 16.3. The fraction of sp³-hybridized carbons (Fsp3) is 0.167. The minimum Gasteiger partial charge on any atom is -0.451 e. The third-order valence-electron chi connectivity index (χ3n) is 5.87. The number of rotatable bonds is 3. The van der Waals surface area contributed by atoms with Crippen LogP contribution in [0.4, 0.5) is 5.82 Å². The number of anilines is 1. The van der Waals surface area contributed by atoms with Crippen molar-refractivity contribution in [1.82, 2.24) is 4.98 Å². The lowest BCUT2D eigenvalue weighted by molar-refractivity contribution is 0.253. The number of nitrogens with zero attached hydrogens (tertiary/aromatic N) is 1. The molecule has 1 fully saturated rings. The van der Waals surface area contributed by atoms with Crippen molar-refractivity contribution in [2.45, 2.75) is 24.8 Å². The Labute approximate surface area is 168 Å². The number of hydrogen-bond donors (Lipinski definition) is 2. The van der Waals surface area contributed by atoms with Crippen LogP contribution in [0.15, 0.2) is 76.1 Å². The van der Waals surface area contributed by atoms with E-state index in [1.807, 2.05) is 54.6 Å². The zero-order valence-electron chi connectivity index (χ0n) is 15.9. The molecule has 0 bridgehead atoms. The summed E-state index contributed by atoms with van der Waals surface area (Å²) >= 11 is 0. The van der Waals surface area contributed by atoms with E-state index < -0.39 is 0 Å². The van der Waals surface area contributed by atoms with Gasteiger partial charge in [0.25, 0.3) is 0 Å². The lowest BCUT2D eigenvalue weighted by Gasteiger charge is -2.38. The van der Waals surface area contributed by atoms with Crippen LogP contribution in [0.1, 0.15) is 24.8 Å². The lowest BCUT2D eigenvalue weighted by atomic mass is 9.72. The second-order valence-corrected chi connectivity index (χ2v) is 7.66. The van der Waals surface area contributed by atoms with E-state index >= 15 is 0 Å². The number of nitrogen functional groups attached to an aromatic ring is 1. The van der Waals surface area contributed by atoms with Gasteiger partial charge in [-0.05, 0) is 36.5 Å². The maximum atomic E-state index is 13.5. The van der Waals surface area contributed by atoms with Crippen LogP contribution in [0.25, 0.3) is 33.4 Å². The second kappa shape index (κ2) is 6.57. The molecule has 1 saturated carbocycles. The van der Waals surface area contributed by atoms with Gasteiger partial charge in [-0.2, -0.15) is 0 Å². The summed E-state index contributed by atoms with van der Waals surface area (Å²) in [5.74, 6) is 0.690. The Morgan fingerprint density at radius 1 is 0.931 bits per heavy atom. The molecule has 0 atom stereocenters. The van der Waals surface area contributed by atoms with E-state index in [4.69, 9.17) is 15.9 Å². The van der Waals surface area contributed by atoms with E-state index in [-0.39, 0.29) is 16.8 Å². The third kappa shape index (κ3) is 2.82. The van der Waals surface area contributed by atoms with Crippen LogP contribution in [0.3, 0.4) is 0 Å². The van der Waals surface area contributed by atoms with Gasteiger partial charge in [0, 0.05) is 17.3 Å². The SMILES string of the molecule is Nc1nccc2c(=O)c(-c3ccc(C4(N)CCC4)cc3)c(-c3ccccc3)oc12. The molecule has 0 aliphatic heterocycles. The van der Waals surface area contributed by atoms with Gasteiger partial charge in [0.1, 0.15) is 5.76 Å². The van der Waals surface area contributed by atoms with Crippen molar-refractivity contribution in [2.75, 3.05) is 5.73 Å². The molecule has 2 heterocycles. The molecular formula is C24H21N3O2. The van der Waals surface area contributed by atoms with Gasteiger partial charge in [-0.3, -0.25) is 4.79 Å². The van der Waals surface area contributed by atoms with E-state index in [0.29, 0.717) is 22.3 Å². The van der Waals surface area contributed by atoms with Gasteiger partial charge in [0.05, 0.1) is 10.9 Å². The topological polar surface area (TPSA) is 95.1 Å². The van der Waals surface area contributed by atoms with Crippen molar-refractivity contribution >= 4 is 16.8 Å². The Kier molecular flexibility index (Phi) is 4.00. The van der Waals surface area contributed by atoms with Crippen molar-refractivity contribution in [1.29, 1.82) is 0 Å². The van der Waals surface area contributed by atoms with Gasteiger partial charge in [0.15, 0.2) is 11.4 Å². The van der Waals surface area contributed by atoms with Gasteiger partial charge in [-0.1, -0.05) is 54.6 Å². The van der Waals surface area contributed by atoms with Gasteiger partial charge in [-0.15, -0.1) is 0 Å². The molecule has 0 spiro atoms. The second-order valence-electron chi connectivity index (χ2n) is 7.66. The molecule has 4 aromatic rings. The van der Waals surface area contributed by atoms with Crippen LogP contribution in [-0.4, -0.2) is 4.98 Å². The number of benzene rings is 2. The summed E-state index contributed by atoms with van der Waals surface area (Å²) in [5, 5.41) is 0.422. The Balaban J connectivity index is 1.76. The number of aromatic nitrogens is 1. The van der Waals surface area contributed by atoms with Gasteiger partial charge >= 0.3 is 0 Å². The Hall–Kier alpha value is -3.44. The number of hydrogen-bond acceptors (Lipinski definition) is 5. The first-order chi connectivity index (χ1) is 14.1. The highest BCUT2D eigenvalue weighted by Gasteiger charge is 2.34. The third-order valence-corrected chi connectivity index (χ3v) is 5.87. The molecule has 29 heavy (non-hydrogen) atoms. The standard InChI is InChI=1S/C24H21N3O2/c25-23-22-18(11-14-27-23)20(28)19(21(29-22)16-5-2-1-3-6-16)15-7-9-17(10-8-15)24(26)12-4-13-24/h1-3,5-11,14H,4,12-13,26H2,(H2,25,27). The van der Waals surface area contributed by atoms with Crippen molar-refractivity contribution in [3.05, 3.63) is 82.6 Å². The molecule has 0 amide bonds. The molecule has 5 nitrogen and oxygen atoms in total. The van der Waals surface area contributed by atoms with Crippen LogP contribution in [0.5, 0.6) is 0 Å². The first-order valence-corrected chi connectivity index (χ1v) is 9.73. The summed E-state index contributed by atoms with van der Waals surface area (Å²) in [7, 11) is 0. The highest BCUT2D eigenvalue weighted by Crippen LogP contribution is 2.40. The average Bonchev–Trinajstić information content (AvgIpc) is 2.73. The predicted molar refractivity (Wildman–Crippen MR) is 115 cm³/mol. The lowest BCUT2D eigenvalue weighted by Crippen LogP contribution is -2.43. The van der Waals surface area contributed by atoms with E-state index in [1.165, 1.54) is 6.20 Å². The summed E-state index contributed by atoms with van der Waals surface area (Å²) in [5.41, 5.74) is 15.6. The van der Waals surface area contributed by atoms with Crippen LogP contribution >= 0.6 is 0 Å². The zero-order chi connectivity index (χ0) is 20.0. The molecule has 1 aliphatic carbocycles. The average molecular weight is 383 g/mol. The molecular weight excluding hydrogens is 362 g/mol. The van der Waals surface area contributed by atoms with E-state index in [1.54, 1.807) is 6.07 Å². The van der Waals surface area contributed by atoms with E-state index in [9.17, 15) is 4.79 Å². The number of pyridine rings is 1. The summed E-state index contributed by atoms with van der Waals surface area (Å²) < 4.78 is 6.16. The fourth-order valence-electron chi connectivity index (χ4n) is 4.01. The Morgan fingerprint density at radius 2 is 1.66 bits per heavy atom. The number of fused-ring (bicyclic) bond motifs is 1. The normalized spacial score (nSPS) is 15.2. The molecule has 2 aromatic carbocycles. The van der Waals surface area contributed by atoms with E-state index in [2.05, 4.69) is 4.98 Å². The summed E-state index contributed by atoms with van der Waals surface area (Å²) in [6.45, 7) is 0. The predicted octanol–water partition coefficient (Wildman–Crippen LogP) is 4.44. The maximum Gasteiger partial charge on any atom is 0.201 e. The van der Waals surface area contributed by atoms with Crippen molar-refractivity contribution < 1.29 is 4.42 Å². The summed E-state index contributed by atoms with van der Waals surface area (Å²) in [4.78, 5) is 17.5. The molecule has 2 aromatic heterocycles. The largest absolute Gasteiger partial charge is 0.451 e. The fourth-order valence-corrected chi connectivity index (χ4v) is 4.01. The minimum atomic E-state index is -0.241. The molecule has 144 valence electrons. The quantitative estimate of drug-likeness (QED) is 0.545. The number of nitrogens with two attached hydrogens (primary N) is 2. The highest BCUT2D eigenvalue weighted by molar-refractivity contribution is 5.92. The molecule has 4 N–H and O–H groups in total. The van der Waals surface area contributed by atoms with Gasteiger partial charge < -0.3 is 15.9 Å². The first-order valence-electron chi connectivity index (χ1n) is 9.73.